The van der Waals surface area contributed by atoms with Gasteiger partial charge in [-0.25, -0.2) is 9.37 Å². The van der Waals surface area contributed by atoms with E-state index in [-0.39, 0.29) is 5.56 Å². The van der Waals surface area contributed by atoms with E-state index in [2.05, 4.69) is 10.3 Å². The van der Waals surface area contributed by atoms with Crippen molar-refractivity contribution in [1.29, 1.82) is 0 Å². The van der Waals surface area contributed by atoms with Crippen LogP contribution >= 0.6 is 0 Å². The van der Waals surface area contributed by atoms with Gasteiger partial charge in [0.2, 0.25) is 0 Å². The molecule has 1 amide bonds. The molecule has 2 rings (SSSR count). The first kappa shape index (κ1) is 11.3. The Morgan fingerprint density at radius 1 is 1.18 bits per heavy atom. The highest BCUT2D eigenvalue weighted by Gasteiger charge is 2.09. The number of hydrogen-bond acceptors (Lipinski definition) is 1. The molecule has 0 aliphatic heterocycles. The van der Waals surface area contributed by atoms with Gasteiger partial charge in [-0.2, -0.15) is 0 Å². The Balaban J connectivity index is 2.01. The van der Waals surface area contributed by atoms with Crippen LogP contribution < -0.4 is 10.3 Å². The van der Waals surface area contributed by atoms with E-state index < -0.39 is 11.7 Å². The molecule has 1 heterocycles. The highest BCUT2D eigenvalue weighted by Crippen LogP contribution is 2.06. The lowest BCUT2D eigenvalue weighted by Gasteiger charge is -2.05. The Kier molecular flexibility index (Phi) is 3.45. The van der Waals surface area contributed by atoms with Gasteiger partial charge < -0.3 is 5.32 Å². The Morgan fingerprint density at radius 2 is 1.88 bits per heavy atom. The summed E-state index contributed by atoms with van der Waals surface area (Å²) in [5.74, 6) is -0.915. The van der Waals surface area contributed by atoms with E-state index in [0.29, 0.717) is 6.54 Å². The first-order valence-electron chi connectivity index (χ1n) is 5.25. The van der Waals surface area contributed by atoms with E-state index in [9.17, 15) is 9.18 Å². The number of rotatable bonds is 3. The fraction of sp³-hybridized carbons (Fsp3) is 0.0769. The third-order valence-electron chi connectivity index (χ3n) is 2.36. The monoisotopic (exact) mass is 231 g/mol. The Hall–Kier alpha value is -2.23. The maximum absolute atomic E-state index is 13.3. The second-order valence-corrected chi connectivity index (χ2v) is 3.57. The molecule has 0 unspecified atom stereocenters. The number of carbonyl (C=O) groups is 1. The summed E-state index contributed by atoms with van der Waals surface area (Å²) in [6.45, 7) is 0.377. The van der Waals surface area contributed by atoms with Gasteiger partial charge in [-0.15, -0.1) is 0 Å². The molecule has 0 saturated carbocycles. The molecular weight excluding hydrogens is 219 g/mol. The van der Waals surface area contributed by atoms with Crippen molar-refractivity contribution >= 4 is 5.91 Å². The zero-order valence-corrected chi connectivity index (χ0v) is 9.11. The van der Waals surface area contributed by atoms with Gasteiger partial charge in [0.15, 0.2) is 12.4 Å². The molecular formula is C13H12FN2O+. The largest absolute Gasteiger partial charge is 0.348 e. The van der Waals surface area contributed by atoms with Crippen LogP contribution in [0.3, 0.4) is 0 Å². The summed E-state index contributed by atoms with van der Waals surface area (Å²) in [6, 6.07) is 9.62. The van der Waals surface area contributed by atoms with Gasteiger partial charge in [0.1, 0.15) is 5.82 Å². The predicted molar refractivity (Wildman–Crippen MR) is 60.6 cm³/mol. The first-order valence-corrected chi connectivity index (χ1v) is 5.25. The van der Waals surface area contributed by atoms with Crippen molar-refractivity contribution in [1.82, 2.24) is 5.32 Å². The highest BCUT2D eigenvalue weighted by molar-refractivity contribution is 5.94. The number of aromatic amines is 1. The molecule has 0 radical (unpaired) electrons. The van der Waals surface area contributed by atoms with Crippen LogP contribution in [-0.4, -0.2) is 5.91 Å². The average molecular weight is 231 g/mol. The summed E-state index contributed by atoms with van der Waals surface area (Å²) < 4.78 is 13.3. The fourth-order valence-electron chi connectivity index (χ4n) is 1.46. The van der Waals surface area contributed by atoms with Crippen molar-refractivity contribution in [2.45, 2.75) is 6.54 Å². The van der Waals surface area contributed by atoms with Crippen LogP contribution in [0.1, 0.15) is 15.9 Å². The van der Waals surface area contributed by atoms with Gasteiger partial charge >= 0.3 is 0 Å². The highest BCUT2D eigenvalue weighted by atomic mass is 19.1. The normalized spacial score (nSPS) is 9.94. The summed E-state index contributed by atoms with van der Waals surface area (Å²) >= 11 is 0. The van der Waals surface area contributed by atoms with Crippen molar-refractivity contribution in [2.24, 2.45) is 0 Å². The van der Waals surface area contributed by atoms with Gasteiger partial charge in [-0.3, -0.25) is 4.79 Å². The van der Waals surface area contributed by atoms with Crippen molar-refractivity contribution in [3.63, 3.8) is 0 Å². The number of nitrogens with one attached hydrogen (secondary N) is 2. The number of H-pyrrole nitrogens is 1. The van der Waals surface area contributed by atoms with Gasteiger partial charge in [0, 0.05) is 18.7 Å². The Labute approximate surface area is 98.3 Å². The maximum Gasteiger partial charge on any atom is 0.254 e. The van der Waals surface area contributed by atoms with E-state index in [1.54, 1.807) is 24.5 Å². The van der Waals surface area contributed by atoms with Crippen molar-refractivity contribution in [3.05, 3.63) is 65.7 Å². The van der Waals surface area contributed by atoms with Gasteiger partial charge in [0.05, 0.1) is 5.56 Å². The van der Waals surface area contributed by atoms with Crippen LogP contribution in [0.15, 0.2) is 48.8 Å². The van der Waals surface area contributed by atoms with Crippen molar-refractivity contribution in [2.75, 3.05) is 0 Å². The molecule has 0 aliphatic rings. The fourth-order valence-corrected chi connectivity index (χ4v) is 1.46. The van der Waals surface area contributed by atoms with Crippen LogP contribution in [0.25, 0.3) is 0 Å². The predicted octanol–water partition coefficient (Wildman–Crippen LogP) is 1.57. The Morgan fingerprint density at radius 3 is 2.59 bits per heavy atom. The van der Waals surface area contributed by atoms with Crippen LogP contribution in [0, 0.1) is 5.82 Å². The maximum atomic E-state index is 13.3. The number of amides is 1. The molecule has 86 valence electrons. The van der Waals surface area contributed by atoms with E-state index in [1.165, 1.54) is 12.1 Å². The third kappa shape index (κ3) is 2.87. The molecule has 4 heteroatoms. The minimum absolute atomic E-state index is 0.0648. The summed E-state index contributed by atoms with van der Waals surface area (Å²) in [4.78, 5) is 14.6. The standard InChI is InChI=1S/C13H11FN2O/c14-12-4-2-1-3-11(12)13(17)16-9-10-5-7-15-8-6-10/h1-8H,9H2,(H,16,17)/p+1. The van der Waals surface area contributed by atoms with E-state index in [1.807, 2.05) is 12.1 Å². The average Bonchev–Trinajstić information content (AvgIpc) is 2.38. The number of aromatic nitrogens is 1. The number of carbonyl (C=O) groups excluding carboxylic acids is 1. The summed E-state index contributed by atoms with van der Waals surface area (Å²) in [7, 11) is 0. The van der Waals surface area contributed by atoms with Crippen LogP contribution in [0.5, 0.6) is 0 Å². The van der Waals surface area contributed by atoms with Crippen LogP contribution in [0.2, 0.25) is 0 Å². The SMILES string of the molecule is O=C(NCc1cc[nH+]cc1)c1ccccc1F. The van der Waals surface area contributed by atoms with Crippen LogP contribution in [-0.2, 0) is 6.54 Å². The molecule has 17 heavy (non-hydrogen) atoms. The quantitative estimate of drug-likeness (QED) is 0.856. The van der Waals surface area contributed by atoms with Gasteiger partial charge in [-0.05, 0) is 17.7 Å². The lowest BCUT2D eigenvalue weighted by molar-refractivity contribution is -0.378. The first-order chi connectivity index (χ1) is 8.27. The molecule has 1 aromatic carbocycles. The lowest BCUT2D eigenvalue weighted by Crippen LogP contribution is -2.24. The molecule has 2 N–H and O–H groups in total. The number of hydrogen-bond donors (Lipinski definition) is 1. The molecule has 1 aromatic heterocycles. The molecule has 0 aliphatic carbocycles. The van der Waals surface area contributed by atoms with E-state index in [0.717, 1.165) is 5.56 Å². The topological polar surface area (TPSA) is 43.2 Å². The second kappa shape index (κ2) is 5.21. The molecule has 0 fully saturated rings. The summed E-state index contributed by atoms with van der Waals surface area (Å²) in [5, 5.41) is 2.66. The Bertz CT molecular complexity index is 514. The number of pyridine rings is 1. The molecule has 3 nitrogen and oxygen atoms in total. The second-order valence-electron chi connectivity index (χ2n) is 3.57. The third-order valence-corrected chi connectivity index (χ3v) is 2.36. The minimum Gasteiger partial charge on any atom is -0.348 e. The molecule has 0 spiro atoms. The minimum atomic E-state index is -0.508. The zero-order chi connectivity index (χ0) is 12.1. The van der Waals surface area contributed by atoms with Crippen molar-refractivity contribution < 1.29 is 14.2 Å². The summed E-state index contributed by atoms with van der Waals surface area (Å²) in [6.07, 6.45) is 3.54. The van der Waals surface area contributed by atoms with Crippen LogP contribution in [0.4, 0.5) is 4.39 Å². The van der Waals surface area contributed by atoms with E-state index in [4.69, 9.17) is 0 Å². The van der Waals surface area contributed by atoms with Gasteiger partial charge in [0.25, 0.3) is 5.91 Å². The molecule has 0 saturated heterocycles. The smallest absolute Gasteiger partial charge is 0.254 e. The number of benzene rings is 1. The summed E-state index contributed by atoms with van der Waals surface area (Å²) in [5.41, 5.74) is 1.02. The molecule has 2 aromatic rings. The molecule has 0 atom stereocenters. The van der Waals surface area contributed by atoms with E-state index >= 15 is 0 Å². The van der Waals surface area contributed by atoms with Crippen molar-refractivity contribution in [3.8, 4) is 0 Å². The lowest BCUT2D eigenvalue weighted by atomic mass is 10.2. The number of halogens is 1. The van der Waals surface area contributed by atoms with Gasteiger partial charge in [-0.1, -0.05) is 12.1 Å². The molecule has 0 bridgehead atoms. The zero-order valence-electron chi connectivity index (χ0n) is 9.11.